The topological polar surface area (TPSA) is 66.8 Å². The molecule has 6 heteroatoms. The SMILES string of the molecule is CC1C=C(NN=C2C(=N)C(c3ccc(N(c4ccccc4)c4ccccc4)cc3)=CC=C2c2ccc(N(c3ccccc3)C3C=CC=CC3)cc2)c2ccccc2N1. The van der Waals surface area contributed by atoms with Gasteiger partial charge in [0.15, 0.2) is 0 Å². The van der Waals surface area contributed by atoms with Crippen molar-refractivity contribution in [3.05, 3.63) is 223 Å². The number of hydrogen-bond acceptors (Lipinski definition) is 6. The number of rotatable bonds is 10. The van der Waals surface area contributed by atoms with Crippen LogP contribution in [0, 0.1) is 5.41 Å². The maximum atomic E-state index is 9.74. The lowest BCUT2D eigenvalue weighted by Crippen LogP contribution is -2.29. The Morgan fingerprint density at radius 2 is 1.14 bits per heavy atom. The van der Waals surface area contributed by atoms with Gasteiger partial charge in [-0.3, -0.25) is 10.8 Å². The van der Waals surface area contributed by atoms with Crippen molar-refractivity contribution in [2.75, 3.05) is 15.1 Å². The molecule has 3 aliphatic rings. The molecule has 0 radical (unpaired) electrons. The lowest BCUT2D eigenvalue weighted by Gasteiger charge is -2.32. The summed E-state index contributed by atoms with van der Waals surface area (Å²) < 4.78 is 0. The summed E-state index contributed by atoms with van der Waals surface area (Å²) in [5.74, 6) is 0. The Morgan fingerprint density at radius 3 is 1.78 bits per heavy atom. The van der Waals surface area contributed by atoms with Gasteiger partial charge in [0.2, 0.25) is 0 Å². The van der Waals surface area contributed by atoms with Crippen molar-refractivity contribution in [3.8, 4) is 0 Å². The molecule has 9 rings (SSSR count). The molecule has 0 amide bonds. The Kier molecular flexibility index (Phi) is 10.2. The maximum absolute atomic E-state index is 9.74. The predicted octanol–water partition coefficient (Wildman–Crippen LogP) is 12.5. The fourth-order valence-electron chi connectivity index (χ4n) is 7.94. The minimum atomic E-state index is 0.119. The summed E-state index contributed by atoms with van der Waals surface area (Å²) in [4.78, 5) is 4.63. The molecule has 2 atom stereocenters. The molecular formula is C52H44N6. The first kappa shape index (κ1) is 36.2. The number of fused-ring (bicyclic) bond motifs is 1. The molecule has 0 spiro atoms. The van der Waals surface area contributed by atoms with Gasteiger partial charge in [-0.2, -0.15) is 5.10 Å². The maximum Gasteiger partial charge on any atom is 0.117 e. The van der Waals surface area contributed by atoms with Crippen LogP contribution >= 0.6 is 0 Å². The standard InChI is InChI=1S/C52H44N6/c1-37-36-50(48-24-14-15-25-49(48)54-37)55-56-52-47(39-28-32-45(33-29-39)58(42-20-10-4-11-21-42)43-22-12-5-13-23-43)35-34-46(51(52)53)38-26-30-44(31-27-38)57(40-16-6-2-7-17-40)41-18-8-3-9-19-41/h2-22,24-37,43,53-55H,23H2,1H3. The molecule has 6 aromatic carbocycles. The van der Waals surface area contributed by atoms with E-state index in [1.807, 2.05) is 24.3 Å². The third-order valence-electron chi connectivity index (χ3n) is 10.7. The largest absolute Gasteiger partial charge is 0.378 e. The minimum Gasteiger partial charge on any atom is -0.378 e. The minimum absolute atomic E-state index is 0.119. The van der Waals surface area contributed by atoms with Crippen molar-refractivity contribution in [1.82, 2.24) is 5.43 Å². The van der Waals surface area contributed by atoms with E-state index in [-0.39, 0.29) is 12.1 Å². The second-order valence-corrected chi connectivity index (χ2v) is 14.6. The average molecular weight is 753 g/mol. The molecule has 0 bridgehead atoms. The Labute approximate surface area is 340 Å². The highest BCUT2D eigenvalue weighted by molar-refractivity contribution is 6.69. The zero-order chi connectivity index (χ0) is 39.3. The van der Waals surface area contributed by atoms with E-state index < -0.39 is 0 Å². The van der Waals surface area contributed by atoms with Crippen molar-refractivity contribution in [2.45, 2.75) is 25.4 Å². The van der Waals surface area contributed by atoms with Gasteiger partial charge in [0.1, 0.15) is 5.71 Å². The van der Waals surface area contributed by atoms with E-state index >= 15 is 0 Å². The third kappa shape index (κ3) is 7.43. The van der Waals surface area contributed by atoms with Crippen molar-refractivity contribution in [3.63, 3.8) is 0 Å². The van der Waals surface area contributed by atoms with Gasteiger partial charge in [0, 0.05) is 56.9 Å². The number of anilines is 6. The van der Waals surface area contributed by atoms with Crippen molar-refractivity contribution >= 4 is 62.4 Å². The lowest BCUT2D eigenvalue weighted by molar-refractivity contribution is 0.785. The first-order valence-electron chi connectivity index (χ1n) is 19.8. The molecule has 58 heavy (non-hydrogen) atoms. The number of para-hydroxylation sites is 4. The number of hydrazone groups is 1. The molecule has 1 heterocycles. The van der Waals surface area contributed by atoms with Crippen LogP contribution in [0.5, 0.6) is 0 Å². The van der Waals surface area contributed by atoms with E-state index in [0.29, 0.717) is 11.4 Å². The fraction of sp³-hybridized carbons (Fsp3) is 0.0769. The van der Waals surface area contributed by atoms with Gasteiger partial charge in [-0.25, -0.2) is 0 Å². The molecule has 6 nitrogen and oxygen atoms in total. The van der Waals surface area contributed by atoms with Crippen LogP contribution in [-0.2, 0) is 0 Å². The monoisotopic (exact) mass is 752 g/mol. The number of nitrogens with zero attached hydrogens (tertiary/aromatic N) is 3. The van der Waals surface area contributed by atoms with E-state index in [2.05, 4.69) is 210 Å². The zero-order valence-electron chi connectivity index (χ0n) is 32.3. The van der Waals surface area contributed by atoms with E-state index in [9.17, 15) is 5.41 Å². The van der Waals surface area contributed by atoms with Crippen LogP contribution in [0.3, 0.4) is 0 Å². The van der Waals surface area contributed by atoms with Crippen molar-refractivity contribution in [1.29, 1.82) is 5.41 Å². The Balaban J connectivity index is 1.08. The Bertz CT molecular complexity index is 2560. The van der Waals surface area contributed by atoms with Gasteiger partial charge >= 0.3 is 0 Å². The first-order chi connectivity index (χ1) is 28.6. The van der Waals surface area contributed by atoms with Crippen LogP contribution in [0.15, 0.2) is 211 Å². The second-order valence-electron chi connectivity index (χ2n) is 14.6. The number of benzene rings is 6. The molecule has 0 aromatic heterocycles. The Hall–Kier alpha value is -7.44. The summed E-state index contributed by atoms with van der Waals surface area (Å²) >= 11 is 0. The van der Waals surface area contributed by atoms with Crippen LogP contribution in [-0.4, -0.2) is 23.5 Å². The van der Waals surface area contributed by atoms with Gasteiger partial charge in [-0.1, -0.05) is 134 Å². The first-order valence-corrected chi connectivity index (χ1v) is 19.8. The van der Waals surface area contributed by atoms with Crippen LogP contribution in [0.2, 0.25) is 0 Å². The van der Waals surface area contributed by atoms with Crippen molar-refractivity contribution < 1.29 is 0 Å². The number of hydrogen-bond donors (Lipinski definition) is 3. The highest BCUT2D eigenvalue weighted by Crippen LogP contribution is 2.37. The van der Waals surface area contributed by atoms with Crippen LogP contribution in [0.4, 0.5) is 34.1 Å². The van der Waals surface area contributed by atoms with E-state index in [1.54, 1.807) is 0 Å². The molecule has 1 aliphatic heterocycles. The van der Waals surface area contributed by atoms with Gasteiger partial charge in [-0.15, -0.1) is 0 Å². The lowest BCUT2D eigenvalue weighted by atomic mass is 9.86. The molecule has 0 saturated heterocycles. The number of nitrogens with one attached hydrogen (secondary N) is 3. The molecule has 282 valence electrons. The molecule has 0 fully saturated rings. The van der Waals surface area contributed by atoms with Gasteiger partial charge in [0.05, 0.1) is 17.5 Å². The summed E-state index contributed by atoms with van der Waals surface area (Å²) in [7, 11) is 0. The van der Waals surface area contributed by atoms with Gasteiger partial charge in [0.25, 0.3) is 0 Å². The van der Waals surface area contributed by atoms with Crippen LogP contribution in [0.1, 0.15) is 30.0 Å². The van der Waals surface area contributed by atoms with E-state index in [1.165, 1.54) is 0 Å². The summed E-state index contributed by atoms with van der Waals surface area (Å²) in [5.41, 5.74) is 16.4. The molecule has 2 aliphatic carbocycles. The molecule has 3 N–H and O–H groups in total. The average Bonchev–Trinajstić information content (AvgIpc) is 3.28. The highest BCUT2D eigenvalue weighted by Gasteiger charge is 2.26. The third-order valence-corrected chi connectivity index (χ3v) is 10.7. The Morgan fingerprint density at radius 1 is 0.603 bits per heavy atom. The summed E-state index contributed by atoms with van der Waals surface area (Å²) in [6, 6.07) is 57.1. The second kappa shape index (κ2) is 16.3. The molecule has 2 unspecified atom stereocenters. The summed E-state index contributed by atoms with van der Waals surface area (Å²) in [6.45, 7) is 2.12. The summed E-state index contributed by atoms with van der Waals surface area (Å²) in [6.07, 6.45) is 16.0. The van der Waals surface area contributed by atoms with Crippen LogP contribution in [0.25, 0.3) is 16.8 Å². The fourth-order valence-corrected chi connectivity index (χ4v) is 7.94. The van der Waals surface area contributed by atoms with Crippen LogP contribution < -0.4 is 20.5 Å². The van der Waals surface area contributed by atoms with E-state index in [4.69, 9.17) is 5.10 Å². The zero-order valence-corrected chi connectivity index (χ0v) is 32.3. The van der Waals surface area contributed by atoms with E-state index in [0.717, 1.165) is 74.1 Å². The van der Waals surface area contributed by atoms with Gasteiger partial charge in [-0.05, 0) is 97.3 Å². The normalized spacial score (nSPS) is 17.7. The predicted molar refractivity (Wildman–Crippen MR) is 245 cm³/mol. The molecule has 0 saturated carbocycles. The highest BCUT2D eigenvalue weighted by atomic mass is 15.3. The smallest absolute Gasteiger partial charge is 0.117 e. The number of allylic oxidation sites excluding steroid dienone is 6. The molecular weight excluding hydrogens is 709 g/mol. The molecule has 6 aromatic rings. The van der Waals surface area contributed by atoms with Crippen molar-refractivity contribution in [2.24, 2.45) is 5.10 Å². The summed E-state index contributed by atoms with van der Waals surface area (Å²) in [5, 5.41) is 18.3. The van der Waals surface area contributed by atoms with Gasteiger partial charge < -0.3 is 15.1 Å². The quantitative estimate of drug-likeness (QED) is 0.0963.